The van der Waals surface area contributed by atoms with Gasteiger partial charge < -0.3 is 10.5 Å². The first-order valence-corrected chi connectivity index (χ1v) is 10.9. The van der Waals surface area contributed by atoms with Crippen molar-refractivity contribution in [2.45, 2.75) is 95.9 Å². The summed E-state index contributed by atoms with van der Waals surface area (Å²) < 4.78 is 0. The van der Waals surface area contributed by atoms with E-state index in [0.29, 0.717) is 12.0 Å². The van der Waals surface area contributed by atoms with Gasteiger partial charge in [-0.15, -0.1) is 0 Å². The van der Waals surface area contributed by atoms with Crippen LogP contribution in [-0.4, -0.2) is 20.8 Å². The average Bonchev–Trinajstić information content (AvgIpc) is 2.50. The Labute approximate surface area is 139 Å². The number of hydrogen-bond acceptors (Lipinski definition) is 2. The van der Waals surface area contributed by atoms with Crippen molar-refractivity contribution < 1.29 is 9.90 Å². The maximum atomic E-state index is 10.4. The fraction of sp³-hybridized carbons (Fsp3) is 0.833. The molecule has 0 aliphatic heterocycles. The van der Waals surface area contributed by atoms with Crippen molar-refractivity contribution >= 4 is 15.7 Å². The van der Waals surface area contributed by atoms with E-state index in [9.17, 15) is 4.79 Å². The number of aliphatic carboxylic acids is 1. The quantitative estimate of drug-likeness (QED) is 0.248. The van der Waals surface area contributed by atoms with Crippen molar-refractivity contribution in [3.8, 4) is 0 Å². The van der Waals surface area contributed by atoms with Crippen molar-refractivity contribution in [1.82, 2.24) is 0 Å². The largest absolute Gasteiger partial charge is 0.481 e. The molecule has 0 bridgehead atoms. The van der Waals surface area contributed by atoms with Crippen LogP contribution in [0.4, 0.5) is 0 Å². The molecular weight excluding hydrogens is 290 g/mol. The Balaban J connectivity index is 3.48. The smallest absolute Gasteiger partial charge is 0.303 e. The van der Waals surface area contributed by atoms with Crippen molar-refractivity contribution in [3.05, 3.63) is 12.2 Å². The van der Waals surface area contributed by atoms with Gasteiger partial charge in [0.2, 0.25) is 0 Å². The highest BCUT2D eigenvalue weighted by atomic mass is 28.2. The summed E-state index contributed by atoms with van der Waals surface area (Å²) in [6.07, 6.45) is 19.7. The zero-order valence-corrected chi connectivity index (χ0v) is 16.0. The SMILES string of the molecule is CCCCCCCC/C=C\C(CCCCCCC(=O)O)[SiH2]N. The highest BCUT2D eigenvalue weighted by molar-refractivity contribution is 6.34. The Morgan fingerprint density at radius 3 is 2.36 bits per heavy atom. The molecule has 0 spiro atoms. The first-order chi connectivity index (χ1) is 10.7. The van der Waals surface area contributed by atoms with Crippen LogP contribution in [0.15, 0.2) is 12.2 Å². The number of rotatable bonds is 16. The summed E-state index contributed by atoms with van der Waals surface area (Å²) in [7, 11) is -0.456. The van der Waals surface area contributed by atoms with Gasteiger partial charge in [-0.3, -0.25) is 4.79 Å². The third kappa shape index (κ3) is 15.8. The summed E-state index contributed by atoms with van der Waals surface area (Å²) in [4.78, 5) is 10.4. The molecule has 130 valence electrons. The topological polar surface area (TPSA) is 63.3 Å². The average molecular weight is 328 g/mol. The van der Waals surface area contributed by atoms with Crippen LogP contribution in [0.1, 0.15) is 90.4 Å². The summed E-state index contributed by atoms with van der Waals surface area (Å²) in [5, 5.41) is 14.5. The number of hydrogen-bond donors (Lipinski definition) is 2. The number of unbranched alkanes of at least 4 members (excludes halogenated alkanes) is 9. The fourth-order valence-electron chi connectivity index (χ4n) is 2.66. The summed E-state index contributed by atoms with van der Waals surface area (Å²) >= 11 is 0. The van der Waals surface area contributed by atoms with E-state index in [-0.39, 0.29) is 0 Å². The number of allylic oxidation sites excluding steroid dienone is 2. The predicted molar refractivity (Wildman–Crippen MR) is 99.0 cm³/mol. The lowest BCUT2D eigenvalue weighted by atomic mass is 10.1. The van der Waals surface area contributed by atoms with Crippen LogP contribution in [0.25, 0.3) is 0 Å². The van der Waals surface area contributed by atoms with Crippen molar-refractivity contribution in [3.63, 3.8) is 0 Å². The maximum Gasteiger partial charge on any atom is 0.303 e. The molecule has 1 unspecified atom stereocenters. The van der Waals surface area contributed by atoms with Gasteiger partial charge in [0.1, 0.15) is 0 Å². The molecule has 3 nitrogen and oxygen atoms in total. The Morgan fingerprint density at radius 1 is 1.05 bits per heavy atom. The van der Waals surface area contributed by atoms with Gasteiger partial charge in [-0.2, -0.15) is 0 Å². The molecule has 4 heteroatoms. The molecule has 0 rings (SSSR count). The van der Waals surface area contributed by atoms with E-state index in [1.54, 1.807) is 0 Å². The fourth-order valence-corrected chi connectivity index (χ4v) is 3.53. The first kappa shape index (κ1) is 21.4. The van der Waals surface area contributed by atoms with Crippen LogP contribution in [0.5, 0.6) is 0 Å². The summed E-state index contributed by atoms with van der Waals surface area (Å²) in [6.45, 7) is 2.26. The standard InChI is InChI=1S/C18H37NO2Si/c1-2-3-4-5-6-7-8-11-14-17(22-19)15-12-9-10-13-16-18(20)21/h11,14,17H,2-10,12-13,15-16,19,22H2,1H3,(H,20,21)/b14-11-. The molecule has 1 atom stereocenters. The van der Waals surface area contributed by atoms with E-state index in [0.717, 1.165) is 19.3 Å². The molecule has 0 heterocycles. The molecule has 0 saturated carbocycles. The summed E-state index contributed by atoms with van der Waals surface area (Å²) in [5.41, 5.74) is 0.638. The summed E-state index contributed by atoms with van der Waals surface area (Å²) in [5.74, 6) is -0.676. The third-order valence-electron chi connectivity index (χ3n) is 4.15. The van der Waals surface area contributed by atoms with E-state index < -0.39 is 15.7 Å². The zero-order valence-electron chi connectivity index (χ0n) is 14.6. The highest BCUT2D eigenvalue weighted by Gasteiger charge is 2.03. The number of carbonyl (C=O) groups is 1. The molecule has 0 aliphatic carbocycles. The van der Waals surface area contributed by atoms with Gasteiger partial charge >= 0.3 is 5.97 Å². The zero-order chi connectivity index (χ0) is 16.5. The van der Waals surface area contributed by atoms with E-state index in [4.69, 9.17) is 10.5 Å². The Kier molecular flexibility index (Phi) is 16.3. The molecule has 22 heavy (non-hydrogen) atoms. The molecule has 0 saturated heterocycles. The molecular formula is C18H37NO2Si. The Bertz CT molecular complexity index is 282. The highest BCUT2D eigenvalue weighted by Crippen LogP contribution is 2.17. The molecule has 0 aromatic heterocycles. The second kappa shape index (κ2) is 16.8. The van der Waals surface area contributed by atoms with Crippen LogP contribution in [0.2, 0.25) is 5.54 Å². The van der Waals surface area contributed by atoms with Crippen molar-refractivity contribution in [2.24, 2.45) is 5.40 Å². The lowest BCUT2D eigenvalue weighted by molar-refractivity contribution is -0.137. The van der Waals surface area contributed by atoms with Gasteiger partial charge in [-0.05, 0) is 31.2 Å². The third-order valence-corrected chi connectivity index (χ3v) is 5.44. The Morgan fingerprint density at radius 2 is 1.68 bits per heavy atom. The minimum atomic E-state index is -0.676. The van der Waals surface area contributed by atoms with Crippen LogP contribution in [-0.2, 0) is 4.79 Å². The van der Waals surface area contributed by atoms with Crippen LogP contribution in [0.3, 0.4) is 0 Å². The second-order valence-electron chi connectivity index (χ2n) is 6.33. The molecule has 0 aromatic rings. The normalized spacial score (nSPS) is 13.4. The number of carboxylic acid groups (broad SMARTS) is 1. The molecule has 0 amide bonds. The maximum absolute atomic E-state index is 10.4. The van der Waals surface area contributed by atoms with Gasteiger partial charge in [-0.25, -0.2) is 0 Å². The van der Waals surface area contributed by atoms with E-state index in [1.165, 1.54) is 57.8 Å². The lowest BCUT2D eigenvalue weighted by Gasteiger charge is -2.09. The first-order valence-electron chi connectivity index (χ1n) is 9.29. The van der Waals surface area contributed by atoms with E-state index in [2.05, 4.69) is 19.1 Å². The lowest BCUT2D eigenvalue weighted by Crippen LogP contribution is -2.11. The van der Waals surface area contributed by atoms with E-state index >= 15 is 0 Å². The van der Waals surface area contributed by atoms with Crippen molar-refractivity contribution in [2.75, 3.05) is 0 Å². The minimum Gasteiger partial charge on any atom is -0.481 e. The molecule has 0 radical (unpaired) electrons. The van der Waals surface area contributed by atoms with Crippen LogP contribution >= 0.6 is 0 Å². The number of nitrogens with two attached hydrogens (primary N) is 1. The van der Waals surface area contributed by atoms with E-state index in [1.807, 2.05) is 0 Å². The van der Waals surface area contributed by atoms with Gasteiger partial charge in [-0.1, -0.05) is 70.4 Å². The van der Waals surface area contributed by atoms with Gasteiger partial charge in [0, 0.05) is 6.42 Å². The van der Waals surface area contributed by atoms with Crippen molar-refractivity contribution in [1.29, 1.82) is 0 Å². The summed E-state index contributed by atoms with van der Waals surface area (Å²) in [6, 6.07) is 0. The molecule has 0 fully saturated rings. The monoisotopic (exact) mass is 327 g/mol. The van der Waals surface area contributed by atoms with Crippen LogP contribution < -0.4 is 5.40 Å². The second-order valence-corrected chi connectivity index (χ2v) is 7.85. The van der Waals surface area contributed by atoms with Gasteiger partial charge in [0.15, 0.2) is 0 Å². The number of carboxylic acids is 1. The molecule has 0 aliphatic rings. The minimum absolute atomic E-state index is 0.313. The molecule has 3 N–H and O–H groups in total. The Hall–Kier alpha value is -0.613. The predicted octanol–water partition coefficient (Wildman–Crippen LogP) is 4.55. The molecule has 0 aromatic carbocycles. The van der Waals surface area contributed by atoms with Gasteiger partial charge in [0.25, 0.3) is 0 Å². The van der Waals surface area contributed by atoms with Crippen LogP contribution in [0, 0.1) is 0 Å². The van der Waals surface area contributed by atoms with Gasteiger partial charge in [0.05, 0.1) is 9.68 Å².